The van der Waals surface area contributed by atoms with Crippen molar-refractivity contribution in [2.24, 2.45) is 5.92 Å². The molecule has 0 unspecified atom stereocenters. The Morgan fingerprint density at radius 3 is 2.71 bits per heavy atom. The van der Waals surface area contributed by atoms with Crippen molar-refractivity contribution in [3.8, 4) is 5.75 Å². The first-order valence-corrected chi connectivity index (χ1v) is 7.34. The molecule has 1 heterocycles. The highest BCUT2D eigenvalue weighted by Gasteiger charge is 2.16. The van der Waals surface area contributed by atoms with E-state index in [1.54, 1.807) is 12.1 Å². The van der Waals surface area contributed by atoms with Crippen molar-refractivity contribution in [2.75, 3.05) is 39.1 Å². The molecule has 0 atom stereocenters. The van der Waals surface area contributed by atoms with Crippen molar-refractivity contribution in [3.05, 3.63) is 28.3 Å². The lowest BCUT2D eigenvalue weighted by Crippen LogP contribution is -2.30. The van der Waals surface area contributed by atoms with E-state index in [-0.39, 0.29) is 5.69 Å². The maximum absolute atomic E-state index is 10.9. The summed E-state index contributed by atoms with van der Waals surface area (Å²) in [7, 11) is 3.67. The number of nitrogens with zero attached hydrogens (tertiary/aromatic N) is 2. The molecule has 1 fully saturated rings. The molecule has 2 rings (SSSR count). The van der Waals surface area contributed by atoms with Gasteiger partial charge in [-0.15, -0.1) is 0 Å². The smallest absolute Gasteiger partial charge is 0.275 e. The van der Waals surface area contributed by atoms with Crippen LogP contribution in [0.5, 0.6) is 5.75 Å². The van der Waals surface area contributed by atoms with Crippen LogP contribution >= 0.6 is 0 Å². The Bertz CT molecular complexity index is 485. The van der Waals surface area contributed by atoms with E-state index in [2.05, 4.69) is 17.3 Å². The van der Waals surface area contributed by atoms with Crippen molar-refractivity contribution in [1.29, 1.82) is 0 Å². The van der Waals surface area contributed by atoms with E-state index < -0.39 is 4.92 Å². The predicted octanol–water partition coefficient (Wildman–Crippen LogP) is 2.75. The molecule has 0 bridgehead atoms. The number of hydrogen-bond acceptors (Lipinski definition) is 5. The third-order valence-electron chi connectivity index (χ3n) is 4.06. The van der Waals surface area contributed by atoms with Gasteiger partial charge in [-0.3, -0.25) is 10.1 Å². The van der Waals surface area contributed by atoms with Crippen LogP contribution in [0, 0.1) is 16.0 Å². The zero-order chi connectivity index (χ0) is 15.2. The minimum atomic E-state index is -0.398. The zero-order valence-electron chi connectivity index (χ0n) is 12.7. The van der Waals surface area contributed by atoms with Crippen molar-refractivity contribution < 1.29 is 9.66 Å². The molecule has 0 saturated carbocycles. The van der Waals surface area contributed by atoms with Gasteiger partial charge in [0, 0.05) is 24.4 Å². The van der Waals surface area contributed by atoms with Gasteiger partial charge >= 0.3 is 0 Å². The topological polar surface area (TPSA) is 67.6 Å². The molecular formula is C15H23N3O3. The van der Waals surface area contributed by atoms with Gasteiger partial charge in [-0.2, -0.15) is 0 Å². The molecule has 0 aliphatic carbocycles. The van der Waals surface area contributed by atoms with Gasteiger partial charge in [-0.05, 0) is 45.3 Å². The molecule has 0 aromatic heterocycles. The molecule has 1 aliphatic heterocycles. The van der Waals surface area contributed by atoms with Crippen molar-refractivity contribution in [2.45, 2.75) is 19.3 Å². The SMILES string of the molecule is COc1cc(NCCC2CCN(C)CC2)cc([N+](=O)[O-])c1. The molecule has 1 saturated heterocycles. The van der Waals surface area contributed by atoms with Gasteiger partial charge in [0.1, 0.15) is 5.75 Å². The minimum absolute atomic E-state index is 0.0520. The molecule has 0 radical (unpaired) electrons. The van der Waals surface area contributed by atoms with Crippen LogP contribution in [-0.4, -0.2) is 43.6 Å². The number of piperidine rings is 1. The fourth-order valence-electron chi connectivity index (χ4n) is 2.68. The van der Waals surface area contributed by atoms with Crippen LogP contribution in [0.4, 0.5) is 11.4 Å². The zero-order valence-corrected chi connectivity index (χ0v) is 12.7. The summed E-state index contributed by atoms with van der Waals surface area (Å²) in [6, 6.07) is 4.78. The highest BCUT2D eigenvalue weighted by atomic mass is 16.6. The first kappa shape index (κ1) is 15.6. The molecular weight excluding hydrogens is 270 g/mol. The van der Waals surface area contributed by atoms with E-state index in [1.807, 2.05) is 0 Å². The first-order chi connectivity index (χ1) is 10.1. The van der Waals surface area contributed by atoms with Crippen molar-refractivity contribution in [3.63, 3.8) is 0 Å². The summed E-state index contributed by atoms with van der Waals surface area (Å²) in [4.78, 5) is 12.8. The number of methoxy groups -OCH3 is 1. The fraction of sp³-hybridized carbons (Fsp3) is 0.600. The summed E-state index contributed by atoms with van der Waals surface area (Å²) >= 11 is 0. The quantitative estimate of drug-likeness (QED) is 0.645. The molecule has 21 heavy (non-hydrogen) atoms. The maximum Gasteiger partial charge on any atom is 0.275 e. The van der Waals surface area contributed by atoms with Gasteiger partial charge in [0.2, 0.25) is 0 Å². The second-order valence-electron chi connectivity index (χ2n) is 5.64. The lowest BCUT2D eigenvalue weighted by molar-refractivity contribution is -0.384. The standard InChI is InChI=1S/C15H23N3O3/c1-17-7-4-12(5-8-17)3-6-16-13-9-14(18(19)20)11-15(10-13)21-2/h9-12,16H,3-8H2,1-2H3. The summed E-state index contributed by atoms with van der Waals surface area (Å²) < 4.78 is 5.10. The highest BCUT2D eigenvalue weighted by molar-refractivity contribution is 5.56. The van der Waals surface area contributed by atoms with Gasteiger partial charge in [0.15, 0.2) is 0 Å². The molecule has 0 amide bonds. The summed E-state index contributed by atoms with van der Waals surface area (Å²) in [5.41, 5.74) is 0.796. The van der Waals surface area contributed by atoms with Gasteiger partial charge in [0.25, 0.3) is 5.69 Å². The molecule has 116 valence electrons. The number of anilines is 1. The van der Waals surface area contributed by atoms with Crippen LogP contribution in [0.15, 0.2) is 18.2 Å². The predicted molar refractivity (Wildman–Crippen MR) is 83.0 cm³/mol. The van der Waals surface area contributed by atoms with E-state index >= 15 is 0 Å². The van der Waals surface area contributed by atoms with E-state index in [9.17, 15) is 10.1 Å². The van der Waals surface area contributed by atoms with Crippen LogP contribution in [0.3, 0.4) is 0 Å². The Morgan fingerprint density at radius 2 is 2.10 bits per heavy atom. The lowest BCUT2D eigenvalue weighted by Gasteiger charge is -2.29. The monoisotopic (exact) mass is 293 g/mol. The number of benzene rings is 1. The number of likely N-dealkylation sites (tertiary alicyclic amines) is 1. The van der Waals surface area contributed by atoms with Crippen LogP contribution in [0.2, 0.25) is 0 Å². The Balaban J connectivity index is 1.87. The molecule has 0 spiro atoms. The second-order valence-corrected chi connectivity index (χ2v) is 5.64. The number of nitro groups is 1. The van der Waals surface area contributed by atoms with Gasteiger partial charge in [-0.1, -0.05) is 0 Å². The van der Waals surface area contributed by atoms with E-state index in [0.29, 0.717) is 5.75 Å². The third kappa shape index (κ3) is 4.60. The molecule has 1 aliphatic rings. The van der Waals surface area contributed by atoms with Gasteiger partial charge in [-0.25, -0.2) is 0 Å². The normalized spacial score (nSPS) is 16.7. The molecule has 6 nitrogen and oxygen atoms in total. The Kier molecular flexibility index (Phi) is 5.38. The number of ether oxygens (including phenoxy) is 1. The fourth-order valence-corrected chi connectivity index (χ4v) is 2.68. The molecule has 1 aromatic carbocycles. The number of hydrogen-bond donors (Lipinski definition) is 1. The minimum Gasteiger partial charge on any atom is -0.496 e. The number of rotatable bonds is 6. The Morgan fingerprint density at radius 1 is 1.38 bits per heavy atom. The highest BCUT2D eigenvalue weighted by Crippen LogP contribution is 2.26. The third-order valence-corrected chi connectivity index (χ3v) is 4.06. The van der Waals surface area contributed by atoms with E-state index in [0.717, 1.165) is 37.7 Å². The number of nitro benzene ring substituents is 1. The van der Waals surface area contributed by atoms with Crippen LogP contribution < -0.4 is 10.1 Å². The Hall–Kier alpha value is -1.82. The van der Waals surface area contributed by atoms with Crippen LogP contribution in [0.1, 0.15) is 19.3 Å². The molecule has 1 aromatic rings. The summed E-state index contributed by atoms with van der Waals surface area (Å²) in [5, 5.41) is 14.2. The second kappa shape index (κ2) is 7.26. The largest absolute Gasteiger partial charge is 0.496 e. The van der Waals surface area contributed by atoms with Crippen molar-refractivity contribution >= 4 is 11.4 Å². The molecule has 6 heteroatoms. The average molecular weight is 293 g/mol. The molecule has 1 N–H and O–H groups in total. The maximum atomic E-state index is 10.9. The van der Waals surface area contributed by atoms with Gasteiger partial charge < -0.3 is 15.0 Å². The Labute approximate surface area is 125 Å². The first-order valence-electron chi connectivity index (χ1n) is 7.34. The lowest BCUT2D eigenvalue weighted by atomic mass is 9.94. The number of non-ortho nitro benzene ring substituents is 1. The van der Waals surface area contributed by atoms with Crippen molar-refractivity contribution in [1.82, 2.24) is 4.90 Å². The van der Waals surface area contributed by atoms with Gasteiger partial charge in [0.05, 0.1) is 18.1 Å². The van der Waals surface area contributed by atoms with E-state index in [1.165, 1.54) is 26.0 Å². The van der Waals surface area contributed by atoms with Crippen LogP contribution in [-0.2, 0) is 0 Å². The van der Waals surface area contributed by atoms with E-state index in [4.69, 9.17) is 4.74 Å². The summed E-state index contributed by atoms with van der Waals surface area (Å²) in [6.45, 7) is 3.16. The summed E-state index contributed by atoms with van der Waals surface area (Å²) in [6.07, 6.45) is 3.56. The average Bonchev–Trinajstić information content (AvgIpc) is 2.49. The summed E-state index contributed by atoms with van der Waals surface area (Å²) in [5.74, 6) is 1.25. The van der Waals surface area contributed by atoms with Crippen LogP contribution in [0.25, 0.3) is 0 Å². The number of nitrogens with one attached hydrogen (secondary N) is 1.